The summed E-state index contributed by atoms with van der Waals surface area (Å²) in [6.07, 6.45) is 3.69. The molecule has 2 heterocycles. The third kappa shape index (κ3) is 2.02. The second kappa shape index (κ2) is 5.10. The summed E-state index contributed by atoms with van der Waals surface area (Å²) in [6, 6.07) is 22.6. The van der Waals surface area contributed by atoms with Crippen LogP contribution in [0.1, 0.15) is 0 Å². The molecule has 0 spiro atoms. The lowest BCUT2D eigenvalue weighted by molar-refractivity contribution is 1.28. The monoisotopic (exact) mass is 307 g/mol. The van der Waals surface area contributed by atoms with E-state index in [1.807, 2.05) is 48.8 Å². The predicted octanol–water partition coefficient (Wildman–Crippen LogP) is 5.00. The normalized spacial score (nSPS) is 11.3. The minimum Gasteiger partial charge on any atom is -0.255 e. The summed E-state index contributed by atoms with van der Waals surface area (Å²) in [5.41, 5.74) is 4.65. The lowest BCUT2D eigenvalue weighted by Gasteiger charge is -2.06. The average Bonchev–Trinajstić information content (AvgIpc) is 2.67. The average molecular weight is 307 g/mol. The van der Waals surface area contributed by atoms with Crippen LogP contribution in [0.3, 0.4) is 0 Å². The van der Waals surface area contributed by atoms with Gasteiger partial charge in [-0.15, -0.1) is 0 Å². The molecule has 3 heteroatoms. The van der Waals surface area contributed by atoms with Gasteiger partial charge in [0.25, 0.3) is 0 Å². The van der Waals surface area contributed by atoms with Crippen molar-refractivity contribution in [1.29, 1.82) is 0 Å². The van der Waals surface area contributed by atoms with Crippen molar-refractivity contribution in [3.63, 3.8) is 0 Å². The maximum absolute atomic E-state index is 4.71. The van der Waals surface area contributed by atoms with Crippen molar-refractivity contribution in [1.82, 2.24) is 15.0 Å². The highest BCUT2D eigenvalue weighted by atomic mass is 14.8. The Morgan fingerprint density at radius 3 is 2.38 bits per heavy atom. The SMILES string of the molecule is c1ccc2c(c1)ccc1cc(-c3cnc4ccccc4n3)cnc12. The fourth-order valence-electron chi connectivity index (χ4n) is 3.11. The lowest BCUT2D eigenvalue weighted by atomic mass is 10.0. The predicted molar refractivity (Wildman–Crippen MR) is 97.8 cm³/mol. The Morgan fingerprint density at radius 2 is 1.42 bits per heavy atom. The molecular weight excluding hydrogens is 294 g/mol. The Morgan fingerprint density at radius 1 is 0.625 bits per heavy atom. The number of fused-ring (bicyclic) bond motifs is 4. The van der Waals surface area contributed by atoms with E-state index >= 15 is 0 Å². The summed E-state index contributed by atoms with van der Waals surface area (Å²) in [5, 5.41) is 3.49. The molecule has 5 rings (SSSR count). The first-order valence-corrected chi connectivity index (χ1v) is 7.88. The molecule has 0 aliphatic rings. The van der Waals surface area contributed by atoms with E-state index in [-0.39, 0.29) is 0 Å². The van der Waals surface area contributed by atoms with Crippen LogP contribution in [0.5, 0.6) is 0 Å². The van der Waals surface area contributed by atoms with Crippen LogP contribution >= 0.6 is 0 Å². The molecule has 24 heavy (non-hydrogen) atoms. The molecule has 0 aliphatic heterocycles. The first kappa shape index (κ1) is 13.1. The van der Waals surface area contributed by atoms with Gasteiger partial charge in [0.15, 0.2) is 0 Å². The Hall–Kier alpha value is -3.33. The van der Waals surface area contributed by atoms with E-state index < -0.39 is 0 Å². The van der Waals surface area contributed by atoms with Gasteiger partial charge in [-0.25, -0.2) is 4.98 Å². The Kier molecular flexibility index (Phi) is 2.79. The van der Waals surface area contributed by atoms with E-state index in [0.29, 0.717) is 0 Å². The third-order valence-corrected chi connectivity index (χ3v) is 4.32. The van der Waals surface area contributed by atoms with Crippen molar-refractivity contribution in [3.05, 3.63) is 79.1 Å². The standard InChI is InChI=1S/C21H13N3/c1-2-6-17-14(5-1)9-10-15-11-16(12-23-21(15)17)20-13-22-18-7-3-4-8-19(18)24-20/h1-13H. The number of pyridine rings is 1. The Bertz CT molecular complexity index is 1210. The molecule has 0 aliphatic carbocycles. The molecule has 112 valence electrons. The molecule has 0 amide bonds. The molecule has 2 aromatic heterocycles. The smallest absolute Gasteiger partial charge is 0.0908 e. The topological polar surface area (TPSA) is 38.7 Å². The molecule has 3 aromatic carbocycles. The van der Waals surface area contributed by atoms with Crippen molar-refractivity contribution in [3.8, 4) is 11.3 Å². The number of benzene rings is 3. The van der Waals surface area contributed by atoms with Gasteiger partial charge < -0.3 is 0 Å². The molecule has 0 saturated heterocycles. The van der Waals surface area contributed by atoms with Crippen LogP contribution in [0.2, 0.25) is 0 Å². The van der Waals surface area contributed by atoms with Gasteiger partial charge in [0, 0.05) is 22.5 Å². The van der Waals surface area contributed by atoms with E-state index in [0.717, 1.165) is 33.2 Å². The van der Waals surface area contributed by atoms with Crippen LogP contribution in [0.4, 0.5) is 0 Å². The third-order valence-electron chi connectivity index (χ3n) is 4.32. The number of rotatable bonds is 1. The summed E-state index contributed by atoms with van der Waals surface area (Å²) in [6.45, 7) is 0. The second-order valence-corrected chi connectivity index (χ2v) is 5.83. The lowest BCUT2D eigenvalue weighted by Crippen LogP contribution is -1.90. The highest BCUT2D eigenvalue weighted by Gasteiger charge is 2.06. The largest absolute Gasteiger partial charge is 0.255 e. The number of para-hydroxylation sites is 2. The zero-order chi connectivity index (χ0) is 15.9. The number of nitrogens with zero attached hydrogens (tertiary/aromatic N) is 3. The summed E-state index contributed by atoms with van der Waals surface area (Å²) < 4.78 is 0. The van der Waals surface area contributed by atoms with E-state index in [4.69, 9.17) is 9.97 Å². The van der Waals surface area contributed by atoms with Crippen LogP contribution in [0, 0.1) is 0 Å². The van der Waals surface area contributed by atoms with E-state index in [9.17, 15) is 0 Å². The fourth-order valence-corrected chi connectivity index (χ4v) is 3.11. The molecule has 0 atom stereocenters. The van der Waals surface area contributed by atoms with Gasteiger partial charge in [0.05, 0.1) is 28.4 Å². The molecule has 0 bridgehead atoms. The molecule has 0 saturated carbocycles. The quantitative estimate of drug-likeness (QED) is 0.409. The van der Waals surface area contributed by atoms with Gasteiger partial charge in [-0.05, 0) is 23.6 Å². The molecule has 0 fully saturated rings. The van der Waals surface area contributed by atoms with Crippen molar-refractivity contribution < 1.29 is 0 Å². The van der Waals surface area contributed by atoms with Crippen LogP contribution < -0.4 is 0 Å². The van der Waals surface area contributed by atoms with Gasteiger partial charge in [0.1, 0.15) is 0 Å². The van der Waals surface area contributed by atoms with Crippen LogP contribution in [0.15, 0.2) is 79.1 Å². The summed E-state index contributed by atoms with van der Waals surface area (Å²) in [7, 11) is 0. The first-order chi connectivity index (χ1) is 11.9. The number of aromatic nitrogens is 3. The molecule has 0 N–H and O–H groups in total. The minimum absolute atomic E-state index is 0.844. The van der Waals surface area contributed by atoms with Crippen LogP contribution in [0.25, 0.3) is 44.0 Å². The minimum atomic E-state index is 0.844. The summed E-state index contributed by atoms with van der Waals surface area (Å²) >= 11 is 0. The maximum atomic E-state index is 4.71. The van der Waals surface area contributed by atoms with Gasteiger partial charge in [-0.2, -0.15) is 0 Å². The van der Waals surface area contributed by atoms with Gasteiger partial charge in [-0.1, -0.05) is 48.5 Å². The highest BCUT2D eigenvalue weighted by Crippen LogP contribution is 2.27. The fraction of sp³-hybridized carbons (Fsp3) is 0. The Balaban J connectivity index is 1.72. The zero-order valence-corrected chi connectivity index (χ0v) is 12.8. The number of hydrogen-bond acceptors (Lipinski definition) is 3. The number of hydrogen-bond donors (Lipinski definition) is 0. The molecule has 5 aromatic rings. The first-order valence-electron chi connectivity index (χ1n) is 7.88. The summed E-state index contributed by atoms with van der Waals surface area (Å²) in [4.78, 5) is 13.9. The molecule has 3 nitrogen and oxygen atoms in total. The van der Waals surface area contributed by atoms with Crippen molar-refractivity contribution in [2.24, 2.45) is 0 Å². The van der Waals surface area contributed by atoms with Crippen molar-refractivity contribution in [2.75, 3.05) is 0 Å². The molecular formula is C21H13N3. The van der Waals surface area contributed by atoms with E-state index in [1.54, 1.807) is 0 Å². The van der Waals surface area contributed by atoms with Gasteiger partial charge >= 0.3 is 0 Å². The second-order valence-electron chi connectivity index (χ2n) is 5.83. The summed E-state index contributed by atoms with van der Waals surface area (Å²) in [5.74, 6) is 0. The Labute approximate surface area is 138 Å². The van der Waals surface area contributed by atoms with E-state index in [2.05, 4.69) is 35.3 Å². The van der Waals surface area contributed by atoms with E-state index in [1.165, 1.54) is 10.8 Å². The van der Waals surface area contributed by atoms with Gasteiger partial charge in [0.2, 0.25) is 0 Å². The highest BCUT2D eigenvalue weighted by molar-refractivity contribution is 6.05. The van der Waals surface area contributed by atoms with Crippen molar-refractivity contribution in [2.45, 2.75) is 0 Å². The zero-order valence-electron chi connectivity index (χ0n) is 12.8. The van der Waals surface area contributed by atoms with Gasteiger partial charge in [-0.3, -0.25) is 9.97 Å². The van der Waals surface area contributed by atoms with Crippen LogP contribution in [-0.4, -0.2) is 15.0 Å². The van der Waals surface area contributed by atoms with Crippen molar-refractivity contribution >= 4 is 32.7 Å². The maximum Gasteiger partial charge on any atom is 0.0908 e. The van der Waals surface area contributed by atoms with Crippen LogP contribution in [-0.2, 0) is 0 Å². The molecule has 0 unspecified atom stereocenters. The molecule has 0 radical (unpaired) electrons.